The van der Waals surface area contributed by atoms with Crippen LogP contribution in [0.2, 0.25) is 0 Å². The van der Waals surface area contributed by atoms with Crippen molar-refractivity contribution in [2.24, 2.45) is 5.73 Å². The van der Waals surface area contributed by atoms with E-state index in [1.54, 1.807) is 0 Å². The lowest BCUT2D eigenvalue weighted by Gasteiger charge is -2.29. The molecule has 2 aromatic rings. The summed E-state index contributed by atoms with van der Waals surface area (Å²) in [5.41, 5.74) is 8.33. The average Bonchev–Trinajstić information content (AvgIpc) is 2.98. The Hall–Kier alpha value is -2.82. The second-order valence-electron chi connectivity index (χ2n) is 5.57. The summed E-state index contributed by atoms with van der Waals surface area (Å²) < 4.78 is 0. The maximum absolute atomic E-state index is 12.7. The van der Waals surface area contributed by atoms with E-state index in [1.165, 1.54) is 5.56 Å². The van der Waals surface area contributed by atoms with Gasteiger partial charge in [-0.15, -0.1) is 0 Å². The van der Waals surface area contributed by atoms with Crippen LogP contribution in [0.1, 0.15) is 17.2 Å². The van der Waals surface area contributed by atoms with Crippen LogP contribution in [0.3, 0.4) is 0 Å². The largest absolute Gasteiger partial charge is 0.368 e. The van der Waals surface area contributed by atoms with E-state index in [0.29, 0.717) is 0 Å². The van der Waals surface area contributed by atoms with Gasteiger partial charge < -0.3 is 16.0 Å². The molecule has 1 aliphatic heterocycles. The summed E-state index contributed by atoms with van der Waals surface area (Å²) in [4.78, 5) is 25.7. The third-order valence-electron chi connectivity index (χ3n) is 4.04. The molecule has 3 N–H and O–H groups in total. The highest BCUT2D eigenvalue weighted by Gasteiger charge is 2.32. The zero-order valence-corrected chi connectivity index (χ0v) is 12.7. The van der Waals surface area contributed by atoms with Gasteiger partial charge in [0.1, 0.15) is 6.04 Å². The first-order chi connectivity index (χ1) is 11.2. The number of carbonyl (C=O) groups excluding carboxylic acids is 2. The Bertz CT molecular complexity index is 715. The number of fused-ring (bicyclic) bond motifs is 1. The minimum Gasteiger partial charge on any atom is -0.368 e. The number of rotatable bonds is 5. The van der Waals surface area contributed by atoms with E-state index in [9.17, 15) is 9.59 Å². The van der Waals surface area contributed by atoms with Gasteiger partial charge >= 0.3 is 0 Å². The highest BCUT2D eigenvalue weighted by Crippen LogP contribution is 2.35. The minimum absolute atomic E-state index is 0.155. The number of hydrogen-bond acceptors (Lipinski definition) is 3. The number of amides is 2. The van der Waals surface area contributed by atoms with Gasteiger partial charge in [-0.3, -0.25) is 9.59 Å². The Kier molecular flexibility index (Phi) is 4.28. The van der Waals surface area contributed by atoms with Gasteiger partial charge in [-0.25, -0.2) is 0 Å². The van der Waals surface area contributed by atoms with E-state index in [1.807, 2.05) is 48.5 Å². The normalized spacial score (nSPS) is 14.2. The van der Waals surface area contributed by atoms with E-state index in [2.05, 4.69) is 16.3 Å². The molecule has 0 fully saturated rings. The molecule has 0 bridgehead atoms. The second-order valence-corrected chi connectivity index (χ2v) is 5.57. The van der Waals surface area contributed by atoms with Crippen LogP contribution in [-0.4, -0.2) is 24.9 Å². The van der Waals surface area contributed by atoms with Crippen LogP contribution >= 0.6 is 0 Å². The predicted octanol–water partition coefficient (Wildman–Crippen LogP) is 1.39. The molecule has 0 saturated carbocycles. The Morgan fingerprint density at radius 3 is 2.52 bits per heavy atom. The van der Waals surface area contributed by atoms with E-state index in [4.69, 9.17) is 5.73 Å². The van der Waals surface area contributed by atoms with Gasteiger partial charge in [0, 0.05) is 12.2 Å². The van der Waals surface area contributed by atoms with Gasteiger partial charge in [-0.05, 0) is 23.6 Å². The SMILES string of the molecule is NC(=O)CNC(=O)C(c1ccccc1)N1CCc2ccccc21. The molecular formula is C18H19N3O2. The maximum Gasteiger partial charge on any atom is 0.247 e. The number of benzene rings is 2. The third kappa shape index (κ3) is 3.18. The van der Waals surface area contributed by atoms with E-state index >= 15 is 0 Å². The second kappa shape index (κ2) is 6.52. The molecule has 5 nitrogen and oxygen atoms in total. The van der Waals surface area contributed by atoms with Crippen LogP contribution in [-0.2, 0) is 16.0 Å². The summed E-state index contributed by atoms with van der Waals surface area (Å²) in [6, 6.07) is 17.2. The molecule has 0 aromatic heterocycles. The van der Waals surface area contributed by atoms with Crippen LogP contribution in [0.5, 0.6) is 0 Å². The first-order valence-corrected chi connectivity index (χ1v) is 7.62. The molecule has 0 saturated heterocycles. The zero-order chi connectivity index (χ0) is 16.2. The number of carbonyl (C=O) groups is 2. The molecule has 0 aliphatic carbocycles. The molecule has 2 aromatic carbocycles. The number of nitrogens with zero attached hydrogens (tertiary/aromatic N) is 1. The number of nitrogens with one attached hydrogen (secondary N) is 1. The lowest BCUT2D eigenvalue weighted by Crippen LogP contribution is -2.43. The fourth-order valence-electron chi connectivity index (χ4n) is 3.01. The first-order valence-electron chi connectivity index (χ1n) is 7.62. The Labute approximate surface area is 135 Å². The number of para-hydroxylation sites is 1. The van der Waals surface area contributed by atoms with Crippen LogP contribution in [0.4, 0.5) is 5.69 Å². The lowest BCUT2D eigenvalue weighted by molar-refractivity contribution is -0.125. The fourth-order valence-corrected chi connectivity index (χ4v) is 3.01. The quantitative estimate of drug-likeness (QED) is 0.876. The van der Waals surface area contributed by atoms with Gasteiger partial charge in [-0.2, -0.15) is 0 Å². The zero-order valence-electron chi connectivity index (χ0n) is 12.7. The smallest absolute Gasteiger partial charge is 0.247 e. The van der Waals surface area contributed by atoms with Crippen LogP contribution in [0.15, 0.2) is 54.6 Å². The molecule has 1 heterocycles. The molecule has 0 spiro atoms. The van der Waals surface area contributed by atoms with Crippen LogP contribution in [0, 0.1) is 0 Å². The number of anilines is 1. The summed E-state index contributed by atoms with van der Waals surface area (Å²) in [5.74, 6) is -0.765. The predicted molar refractivity (Wildman–Crippen MR) is 88.9 cm³/mol. The summed E-state index contributed by atoms with van der Waals surface area (Å²) in [6.07, 6.45) is 0.905. The van der Waals surface area contributed by atoms with E-state index in [-0.39, 0.29) is 12.5 Å². The van der Waals surface area contributed by atoms with Crippen molar-refractivity contribution in [1.29, 1.82) is 0 Å². The average molecular weight is 309 g/mol. The van der Waals surface area contributed by atoms with Crippen molar-refractivity contribution in [1.82, 2.24) is 5.32 Å². The minimum atomic E-state index is -0.549. The maximum atomic E-state index is 12.7. The van der Waals surface area contributed by atoms with Gasteiger partial charge in [0.05, 0.1) is 6.54 Å². The number of primary amides is 1. The van der Waals surface area contributed by atoms with Gasteiger partial charge in [0.25, 0.3) is 0 Å². The summed E-state index contributed by atoms with van der Waals surface area (Å²) in [7, 11) is 0. The Morgan fingerprint density at radius 1 is 1.09 bits per heavy atom. The van der Waals surface area contributed by atoms with Gasteiger partial charge in [0.15, 0.2) is 0 Å². The highest BCUT2D eigenvalue weighted by atomic mass is 16.2. The molecule has 1 atom stereocenters. The van der Waals surface area contributed by atoms with E-state index in [0.717, 1.165) is 24.2 Å². The van der Waals surface area contributed by atoms with Crippen molar-refractivity contribution < 1.29 is 9.59 Å². The first kappa shape index (κ1) is 15.1. The highest BCUT2D eigenvalue weighted by molar-refractivity contribution is 5.90. The Morgan fingerprint density at radius 2 is 1.78 bits per heavy atom. The van der Waals surface area contributed by atoms with Crippen molar-refractivity contribution in [2.45, 2.75) is 12.5 Å². The third-order valence-corrected chi connectivity index (χ3v) is 4.04. The van der Waals surface area contributed by atoms with Crippen molar-refractivity contribution in [2.75, 3.05) is 18.0 Å². The molecule has 3 rings (SSSR count). The molecule has 5 heteroatoms. The monoisotopic (exact) mass is 309 g/mol. The number of hydrogen-bond donors (Lipinski definition) is 2. The topological polar surface area (TPSA) is 75.4 Å². The number of nitrogens with two attached hydrogens (primary N) is 1. The standard InChI is InChI=1S/C18H19N3O2/c19-16(22)12-20-18(23)17(14-7-2-1-3-8-14)21-11-10-13-6-4-5-9-15(13)21/h1-9,17H,10-12H2,(H2,19,22)(H,20,23). The molecule has 0 radical (unpaired) electrons. The van der Waals surface area contributed by atoms with E-state index < -0.39 is 11.9 Å². The van der Waals surface area contributed by atoms with Crippen molar-refractivity contribution in [3.63, 3.8) is 0 Å². The van der Waals surface area contributed by atoms with Crippen molar-refractivity contribution in [3.05, 3.63) is 65.7 Å². The van der Waals surface area contributed by atoms with Crippen LogP contribution < -0.4 is 16.0 Å². The Balaban J connectivity index is 1.93. The van der Waals surface area contributed by atoms with Gasteiger partial charge in [-0.1, -0.05) is 48.5 Å². The van der Waals surface area contributed by atoms with Crippen molar-refractivity contribution >= 4 is 17.5 Å². The molecular weight excluding hydrogens is 290 g/mol. The molecule has 23 heavy (non-hydrogen) atoms. The molecule has 2 amide bonds. The summed E-state index contributed by atoms with van der Waals surface area (Å²) in [5, 5.41) is 2.63. The van der Waals surface area contributed by atoms with Crippen LogP contribution in [0.25, 0.3) is 0 Å². The lowest BCUT2D eigenvalue weighted by atomic mass is 10.0. The van der Waals surface area contributed by atoms with Crippen molar-refractivity contribution in [3.8, 4) is 0 Å². The molecule has 118 valence electrons. The summed E-state index contributed by atoms with van der Waals surface area (Å²) >= 11 is 0. The van der Waals surface area contributed by atoms with Gasteiger partial charge in [0.2, 0.25) is 11.8 Å². The fraction of sp³-hybridized carbons (Fsp3) is 0.222. The summed E-state index contributed by atoms with van der Waals surface area (Å²) in [6.45, 7) is 0.612. The molecule has 1 unspecified atom stereocenters. The molecule has 1 aliphatic rings.